The summed E-state index contributed by atoms with van der Waals surface area (Å²) in [6.45, 7) is 0.918. The molecule has 1 N–H and O–H groups in total. The smallest absolute Gasteiger partial charge is 0.110 e. The lowest BCUT2D eigenvalue weighted by Crippen LogP contribution is -2.33. The third kappa shape index (κ3) is 3.74. The van der Waals surface area contributed by atoms with Gasteiger partial charge in [-0.3, -0.25) is 0 Å². The molecule has 0 spiro atoms. The summed E-state index contributed by atoms with van der Waals surface area (Å²) in [4.78, 5) is 2.08. The molecule has 0 unspecified atom stereocenters. The third-order valence-corrected chi connectivity index (χ3v) is 5.47. The molecule has 0 saturated heterocycles. The first kappa shape index (κ1) is 12.9. The van der Waals surface area contributed by atoms with Gasteiger partial charge < -0.3 is 5.32 Å². The molecule has 1 aromatic heterocycles. The molecule has 1 fully saturated rings. The van der Waals surface area contributed by atoms with E-state index in [0.717, 1.165) is 16.7 Å². The molecule has 0 atom stereocenters. The molecule has 0 aliphatic heterocycles. The zero-order valence-corrected chi connectivity index (χ0v) is 11.7. The second-order valence-electron chi connectivity index (χ2n) is 4.47. The van der Waals surface area contributed by atoms with E-state index in [1.165, 1.54) is 30.6 Å². The second-order valence-corrected chi connectivity index (χ2v) is 6.77. The number of hydrogen-bond donors (Lipinski definition) is 1. The number of thioether (sulfide) groups is 1. The first-order chi connectivity index (χ1) is 8.31. The molecule has 17 heavy (non-hydrogen) atoms. The van der Waals surface area contributed by atoms with Gasteiger partial charge in [0.15, 0.2) is 0 Å². The summed E-state index contributed by atoms with van der Waals surface area (Å²) in [5.74, 6) is 0. The Hall–Kier alpha value is -0.500. The largest absolute Gasteiger partial charge is 0.309 e. The lowest BCUT2D eigenvalue weighted by molar-refractivity contribution is 0.380. The average molecular weight is 266 g/mol. The fraction of sp³-hybridized carbons (Fsp3) is 0.615. The van der Waals surface area contributed by atoms with Crippen LogP contribution >= 0.6 is 23.1 Å². The van der Waals surface area contributed by atoms with Crippen LogP contribution in [-0.4, -0.2) is 17.5 Å². The van der Waals surface area contributed by atoms with E-state index in [-0.39, 0.29) is 0 Å². The molecule has 0 aromatic carbocycles. The molecule has 2 rings (SSSR count). The SMILES string of the molecule is CSC1CCC(NCc2ccc(C#N)s2)CC1. The highest BCUT2D eigenvalue weighted by atomic mass is 32.2. The first-order valence-electron chi connectivity index (χ1n) is 6.07. The highest BCUT2D eigenvalue weighted by molar-refractivity contribution is 7.99. The van der Waals surface area contributed by atoms with Gasteiger partial charge in [-0.2, -0.15) is 17.0 Å². The lowest BCUT2D eigenvalue weighted by Gasteiger charge is -2.28. The Bertz CT molecular complexity index is 386. The van der Waals surface area contributed by atoms with Crippen LogP contribution in [0.25, 0.3) is 0 Å². The van der Waals surface area contributed by atoms with Gasteiger partial charge in [-0.05, 0) is 44.1 Å². The Morgan fingerprint density at radius 1 is 1.41 bits per heavy atom. The summed E-state index contributed by atoms with van der Waals surface area (Å²) < 4.78 is 0. The summed E-state index contributed by atoms with van der Waals surface area (Å²) in [7, 11) is 0. The minimum Gasteiger partial charge on any atom is -0.309 e. The fourth-order valence-corrected chi connectivity index (χ4v) is 3.78. The van der Waals surface area contributed by atoms with Crippen LogP contribution in [0.15, 0.2) is 12.1 Å². The molecule has 1 aromatic rings. The maximum absolute atomic E-state index is 8.76. The topological polar surface area (TPSA) is 35.8 Å². The molecule has 0 bridgehead atoms. The Kier molecular flexibility index (Phi) is 4.90. The molecule has 92 valence electrons. The van der Waals surface area contributed by atoms with Crippen LogP contribution in [-0.2, 0) is 6.54 Å². The van der Waals surface area contributed by atoms with Crippen LogP contribution in [0.5, 0.6) is 0 Å². The molecule has 0 radical (unpaired) electrons. The number of thiophene rings is 1. The Labute approximate surface area is 111 Å². The molecule has 1 aliphatic rings. The highest BCUT2D eigenvalue weighted by Crippen LogP contribution is 2.27. The quantitative estimate of drug-likeness (QED) is 0.907. The van der Waals surface area contributed by atoms with Gasteiger partial charge in [0.05, 0.1) is 0 Å². The minimum atomic E-state index is 0.672. The van der Waals surface area contributed by atoms with Crippen LogP contribution < -0.4 is 5.32 Å². The molecule has 1 aliphatic carbocycles. The number of nitrogens with one attached hydrogen (secondary N) is 1. The van der Waals surface area contributed by atoms with Crippen LogP contribution in [0.2, 0.25) is 0 Å². The van der Waals surface area contributed by atoms with Gasteiger partial charge in [-0.25, -0.2) is 0 Å². The predicted octanol–water partition coefficient (Wildman–Crippen LogP) is 3.38. The summed E-state index contributed by atoms with van der Waals surface area (Å²) in [6.07, 6.45) is 7.48. The third-order valence-electron chi connectivity index (χ3n) is 3.34. The van der Waals surface area contributed by atoms with Gasteiger partial charge in [-0.15, -0.1) is 11.3 Å². The van der Waals surface area contributed by atoms with Gasteiger partial charge in [0, 0.05) is 22.7 Å². The Morgan fingerprint density at radius 3 is 2.76 bits per heavy atom. The van der Waals surface area contributed by atoms with Crippen molar-refractivity contribution < 1.29 is 0 Å². The number of nitriles is 1. The maximum Gasteiger partial charge on any atom is 0.110 e. The average Bonchev–Trinajstić information content (AvgIpc) is 2.85. The van der Waals surface area contributed by atoms with Crippen molar-refractivity contribution in [3.05, 3.63) is 21.9 Å². The molecule has 1 saturated carbocycles. The van der Waals surface area contributed by atoms with Crippen molar-refractivity contribution >= 4 is 23.1 Å². The second kappa shape index (κ2) is 6.44. The highest BCUT2D eigenvalue weighted by Gasteiger charge is 2.19. The molecule has 2 nitrogen and oxygen atoms in total. The van der Waals surface area contributed by atoms with Gasteiger partial charge in [-0.1, -0.05) is 0 Å². The van der Waals surface area contributed by atoms with Crippen LogP contribution in [0, 0.1) is 11.3 Å². The zero-order chi connectivity index (χ0) is 12.1. The first-order valence-corrected chi connectivity index (χ1v) is 8.17. The predicted molar refractivity (Wildman–Crippen MR) is 75.4 cm³/mol. The van der Waals surface area contributed by atoms with E-state index in [2.05, 4.69) is 23.7 Å². The summed E-state index contributed by atoms with van der Waals surface area (Å²) >= 11 is 3.61. The molecule has 4 heteroatoms. The van der Waals surface area contributed by atoms with Gasteiger partial charge >= 0.3 is 0 Å². The van der Waals surface area contributed by atoms with E-state index in [0.29, 0.717) is 6.04 Å². The van der Waals surface area contributed by atoms with Gasteiger partial charge in [0.2, 0.25) is 0 Å². The van der Waals surface area contributed by atoms with Crippen molar-refractivity contribution in [3.8, 4) is 6.07 Å². The normalized spacial score (nSPS) is 24.5. The number of hydrogen-bond acceptors (Lipinski definition) is 4. The van der Waals surface area contributed by atoms with E-state index in [4.69, 9.17) is 5.26 Å². The lowest BCUT2D eigenvalue weighted by atomic mass is 9.95. The van der Waals surface area contributed by atoms with E-state index in [9.17, 15) is 0 Å². The van der Waals surface area contributed by atoms with E-state index in [1.807, 2.05) is 17.8 Å². The van der Waals surface area contributed by atoms with Crippen LogP contribution in [0.4, 0.5) is 0 Å². The van der Waals surface area contributed by atoms with Crippen molar-refractivity contribution in [1.29, 1.82) is 5.26 Å². The molecule has 0 amide bonds. The van der Waals surface area contributed by atoms with Crippen LogP contribution in [0.3, 0.4) is 0 Å². The van der Waals surface area contributed by atoms with Crippen molar-refractivity contribution in [2.24, 2.45) is 0 Å². The molecular formula is C13H18N2S2. The number of rotatable bonds is 4. The monoisotopic (exact) mass is 266 g/mol. The summed E-state index contributed by atoms with van der Waals surface area (Å²) in [5.41, 5.74) is 0. The number of nitrogens with zero attached hydrogens (tertiary/aromatic N) is 1. The van der Waals surface area contributed by atoms with Gasteiger partial charge in [0.25, 0.3) is 0 Å². The van der Waals surface area contributed by atoms with E-state index in [1.54, 1.807) is 11.3 Å². The Morgan fingerprint density at radius 2 is 2.18 bits per heavy atom. The molecule has 1 heterocycles. The van der Waals surface area contributed by atoms with Gasteiger partial charge in [0.1, 0.15) is 10.9 Å². The Balaban J connectivity index is 1.74. The van der Waals surface area contributed by atoms with Crippen molar-refractivity contribution in [2.45, 2.75) is 43.5 Å². The van der Waals surface area contributed by atoms with Crippen LogP contribution in [0.1, 0.15) is 35.4 Å². The van der Waals surface area contributed by atoms with Crippen molar-refractivity contribution in [1.82, 2.24) is 5.32 Å². The maximum atomic E-state index is 8.76. The van der Waals surface area contributed by atoms with E-state index >= 15 is 0 Å². The zero-order valence-electron chi connectivity index (χ0n) is 10.1. The molecular weight excluding hydrogens is 248 g/mol. The summed E-state index contributed by atoms with van der Waals surface area (Å²) in [5, 5.41) is 13.2. The fourth-order valence-electron chi connectivity index (χ4n) is 2.28. The minimum absolute atomic E-state index is 0.672. The van der Waals surface area contributed by atoms with E-state index < -0.39 is 0 Å². The van der Waals surface area contributed by atoms with Crippen molar-refractivity contribution in [3.63, 3.8) is 0 Å². The van der Waals surface area contributed by atoms with Crippen molar-refractivity contribution in [2.75, 3.05) is 6.26 Å². The summed E-state index contributed by atoms with van der Waals surface area (Å²) in [6, 6.07) is 6.83. The standard InChI is InChI=1S/C13H18N2S2/c1-16-11-4-2-10(3-5-11)15-9-13-7-6-12(8-14)17-13/h6-7,10-11,15H,2-5,9H2,1H3.